The van der Waals surface area contributed by atoms with E-state index in [1.54, 1.807) is 0 Å². The molecule has 3 atom stereocenters. The van der Waals surface area contributed by atoms with Gasteiger partial charge in [-0.1, -0.05) is 67.1 Å². The third-order valence-electron chi connectivity index (χ3n) is 5.78. The molecular formula is C25H33NO3. The average Bonchev–Trinajstić information content (AvgIpc) is 2.72. The van der Waals surface area contributed by atoms with Crippen molar-refractivity contribution in [2.24, 2.45) is 0 Å². The lowest BCUT2D eigenvalue weighted by Gasteiger charge is -2.40. The van der Waals surface area contributed by atoms with Gasteiger partial charge < -0.3 is 9.47 Å². The van der Waals surface area contributed by atoms with Gasteiger partial charge in [-0.2, -0.15) is 0 Å². The first kappa shape index (κ1) is 21.5. The molecule has 1 heterocycles. The van der Waals surface area contributed by atoms with Gasteiger partial charge in [0.15, 0.2) is 0 Å². The van der Waals surface area contributed by atoms with E-state index in [1.807, 2.05) is 36.4 Å². The van der Waals surface area contributed by atoms with Crippen LogP contribution < -0.4 is 0 Å². The Hall–Kier alpha value is -2.17. The molecule has 0 aromatic heterocycles. The van der Waals surface area contributed by atoms with Crippen molar-refractivity contribution in [1.29, 1.82) is 0 Å². The molecule has 0 N–H and O–H groups in total. The Balaban J connectivity index is 1.74. The molecule has 1 saturated heterocycles. The highest BCUT2D eigenvalue weighted by Gasteiger charge is 2.29. The van der Waals surface area contributed by atoms with Crippen LogP contribution in [-0.2, 0) is 14.3 Å². The van der Waals surface area contributed by atoms with E-state index in [1.165, 1.54) is 26.2 Å². The molecule has 1 fully saturated rings. The molecule has 0 saturated carbocycles. The molecule has 156 valence electrons. The molecule has 1 aliphatic rings. The number of piperidine rings is 1. The highest BCUT2D eigenvalue weighted by molar-refractivity contribution is 5.66. The van der Waals surface area contributed by atoms with Crippen LogP contribution in [0, 0.1) is 0 Å². The van der Waals surface area contributed by atoms with Gasteiger partial charge in [0.05, 0.1) is 6.61 Å². The summed E-state index contributed by atoms with van der Waals surface area (Å²) >= 11 is 0. The van der Waals surface area contributed by atoms with Crippen LogP contribution in [0.4, 0.5) is 0 Å². The zero-order chi connectivity index (χ0) is 20.6. The maximum absolute atomic E-state index is 11.7. The Bertz CT molecular complexity index is 700. The van der Waals surface area contributed by atoms with Gasteiger partial charge in [0.1, 0.15) is 12.2 Å². The smallest absolute Gasteiger partial charge is 0.303 e. The quantitative estimate of drug-likeness (QED) is 0.591. The number of hydrogen-bond acceptors (Lipinski definition) is 4. The summed E-state index contributed by atoms with van der Waals surface area (Å²) in [7, 11) is 0. The summed E-state index contributed by atoms with van der Waals surface area (Å²) < 4.78 is 12.1. The lowest BCUT2D eigenvalue weighted by molar-refractivity contribution is -0.152. The average molecular weight is 396 g/mol. The third-order valence-corrected chi connectivity index (χ3v) is 5.78. The standard InChI is InChI=1S/C25H33NO3/c1-19-11-10-12-20(2)26(19)17-24(29-21(3)27)18-28-25(22-13-6-4-7-14-22)23-15-8-5-9-16-23/h4-9,13-16,19-20,24-25H,10-12,17-18H2,1-3H3/t19-,20+,24-/m0/s1. The van der Waals surface area contributed by atoms with Gasteiger partial charge in [0.25, 0.3) is 0 Å². The van der Waals surface area contributed by atoms with Crippen LogP contribution in [0.2, 0.25) is 0 Å². The number of nitrogens with zero attached hydrogens (tertiary/aromatic N) is 1. The van der Waals surface area contributed by atoms with Gasteiger partial charge in [-0.05, 0) is 37.8 Å². The van der Waals surface area contributed by atoms with E-state index in [-0.39, 0.29) is 18.2 Å². The molecule has 0 unspecified atom stereocenters. The zero-order valence-electron chi connectivity index (χ0n) is 17.8. The number of carbonyl (C=O) groups is 1. The van der Waals surface area contributed by atoms with E-state index in [0.717, 1.165) is 11.1 Å². The molecule has 2 aromatic rings. The van der Waals surface area contributed by atoms with Crippen molar-refractivity contribution < 1.29 is 14.3 Å². The molecule has 0 aliphatic carbocycles. The number of benzene rings is 2. The molecular weight excluding hydrogens is 362 g/mol. The summed E-state index contributed by atoms with van der Waals surface area (Å²) in [6.07, 6.45) is 3.16. The van der Waals surface area contributed by atoms with Crippen LogP contribution in [0.15, 0.2) is 60.7 Å². The number of hydrogen-bond donors (Lipinski definition) is 0. The van der Waals surface area contributed by atoms with E-state index in [2.05, 4.69) is 43.0 Å². The van der Waals surface area contributed by atoms with Gasteiger partial charge in [0, 0.05) is 25.6 Å². The van der Waals surface area contributed by atoms with Crippen molar-refractivity contribution in [3.63, 3.8) is 0 Å². The van der Waals surface area contributed by atoms with E-state index in [0.29, 0.717) is 25.2 Å². The van der Waals surface area contributed by atoms with Gasteiger partial charge in [0.2, 0.25) is 0 Å². The number of rotatable bonds is 8. The van der Waals surface area contributed by atoms with Crippen LogP contribution in [0.25, 0.3) is 0 Å². The fourth-order valence-corrected chi connectivity index (χ4v) is 4.27. The molecule has 0 radical (unpaired) electrons. The maximum atomic E-state index is 11.7. The van der Waals surface area contributed by atoms with E-state index >= 15 is 0 Å². The summed E-state index contributed by atoms with van der Waals surface area (Å²) in [4.78, 5) is 14.2. The second kappa shape index (κ2) is 10.6. The van der Waals surface area contributed by atoms with Crippen molar-refractivity contribution in [2.75, 3.05) is 13.2 Å². The molecule has 1 aliphatic heterocycles. The molecule has 3 rings (SSSR count). The minimum Gasteiger partial charge on any atom is -0.459 e. The molecule has 0 spiro atoms. The fraction of sp³-hybridized carbons (Fsp3) is 0.480. The van der Waals surface area contributed by atoms with Gasteiger partial charge in [-0.3, -0.25) is 9.69 Å². The van der Waals surface area contributed by atoms with Crippen LogP contribution >= 0.6 is 0 Å². The molecule has 2 aromatic carbocycles. The predicted molar refractivity (Wildman–Crippen MR) is 116 cm³/mol. The number of carbonyl (C=O) groups excluding carboxylic acids is 1. The number of ether oxygens (including phenoxy) is 2. The van der Waals surface area contributed by atoms with E-state index in [4.69, 9.17) is 9.47 Å². The Morgan fingerprint density at radius 2 is 1.48 bits per heavy atom. The fourth-order valence-electron chi connectivity index (χ4n) is 4.27. The molecule has 4 heteroatoms. The highest BCUT2D eigenvalue weighted by Crippen LogP contribution is 2.27. The normalized spacial score (nSPS) is 21.1. The second-order valence-corrected chi connectivity index (χ2v) is 8.09. The van der Waals surface area contributed by atoms with Crippen molar-refractivity contribution in [3.05, 3.63) is 71.8 Å². The predicted octanol–water partition coefficient (Wildman–Crippen LogP) is 4.99. The molecule has 4 nitrogen and oxygen atoms in total. The van der Waals surface area contributed by atoms with Gasteiger partial charge in [-0.25, -0.2) is 0 Å². The first-order valence-corrected chi connectivity index (χ1v) is 10.7. The maximum Gasteiger partial charge on any atom is 0.303 e. The van der Waals surface area contributed by atoms with Crippen molar-refractivity contribution in [2.45, 2.75) is 64.3 Å². The van der Waals surface area contributed by atoms with E-state index in [9.17, 15) is 4.79 Å². The van der Waals surface area contributed by atoms with Crippen LogP contribution in [0.5, 0.6) is 0 Å². The van der Waals surface area contributed by atoms with E-state index < -0.39 is 0 Å². The molecule has 0 bridgehead atoms. The highest BCUT2D eigenvalue weighted by atomic mass is 16.6. The van der Waals surface area contributed by atoms with Gasteiger partial charge in [-0.15, -0.1) is 0 Å². The monoisotopic (exact) mass is 395 g/mol. The molecule has 29 heavy (non-hydrogen) atoms. The Labute approximate surface area is 174 Å². The number of esters is 1. The summed E-state index contributed by atoms with van der Waals surface area (Å²) in [5.74, 6) is -0.258. The Morgan fingerprint density at radius 1 is 0.966 bits per heavy atom. The first-order valence-electron chi connectivity index (χ1n) is 10.7. The van der Waals surface area contributed by atoms with Crippen molar-refractivity contribution in [1.82, 2.24) is 4.90 Å². The van der Waals surface area contributed by atoms with Crippen LogP contribution in [0.1, 0.15) is 57.3 Å². The first-order chi connectivity index (χ1) is 14.0. The zero-order valence-corrected chi connectivity index (χ0v) is 17.8. The summed E-state index contributed by atoms with van der Waals surface area (Å²) in [5.41, 5.74) is 2.19. The van der Waals surface area contributed by atoms with Crippen molar-refractivity contribution >= 4 is 5.97 Å². The van der Waals surface area contributed by atoms with Crippen LogP contribution in [0.3, 0.4) is 0 Å². The minimum absolute atomic E-state index is 0.188. The summed E-state index contributed by atoms with van der Waals surface area (Å²) in [6.45, 7) is 7.07. The third kappa shape index (κ3) is 6.15. The lowest BCUT2D eigenvalue weighted by atomic mass is 9.97. The lowest BCUT2D eigenvalue weighted by Crippen LogP contribution is -2.49. The summed E-state index contributed by atoms with van der Waals surface area (Å²) in [5, 5.41) is 0. The SMILES string of the molecule is CC(=O)O[C@H](COC(c1ccccc1)c1ccccc1)CN1[C@H](C)CCC[C@@H]1C. The summed E-state index contributed by atoms with van der Waals surface area (Å²) in [6, 6.07) is 21.4. The number of likely N-dealkylation sites (tertiary alicyclic amines) is 1. The topological polar surface area (TPSA) is 38.8 Å². The Kier molecular flexibility index (Phi) is 7.84. The largest absolute Gasteiger partial charge is 0.459 e. The second-order valence-electron chi connectivity index (χ2n) is 8.09. The Morgan fingerprint density at radius 3 is 1.97 bits per heavy atom. The van der Waals surface area contributed by atoms with Crippen molar-refractivity contribution in [3.8, 4) is 0 Å². The van der Waals surface area contributed by atoms with Gasteiger partial charge >= 0.3 is 5.97 Å². The van der Waals surface area contributed by atoms with Crippen LogP contribution in [-0.4, -0.2) is 42.2 Å². The molecule has 0 amide bonds. The minimum atomic E-state index is -0.287.